The van der Waals surface area contributed by atoms with Crippen molar-refractivity contribution in [3.05, 3.63) is 0 Å². The Bertz CT molecular complexity index is 328. The fourth-order valence-corrected chi connectivity index (χ4v) is 1.28. The van der Waals surface area contributed by atoms with Crippen LogP contribution in [0, 0.1) is 11.3 Å². The fraction of sp³-hybridized carbons (Fsp3) is 0.750. The Hall–Kier alpha value is -1.61. The van der Waals surface area contributed by atoms with Gasteiger partial charge < -0.3 is 15.4 Å². The smallest absolute Gasteiger partial charge is 0.325 e. The van der Waals surface area contributed by atoms with Crippen LogP contribution >= 0.6 is 0 Å². The summed E-state index contributed by atoms with van der Waals surface area (Å²) in [6.07, 6.45) is 0.693. The maximum absolute atomic E-state index is 11.7. The summed E-state index contributed by atoms with van der Waals surface area (Å²) in [4.78, 5) is 23.0. The molecule has 0 bridgehead atoms. The second kappa shape index (κ2) is 7.67. The van der Waals surface area contributed by atoms with Gasteiger partial charge in [-0.15, -0.1) is 0 Å². The monoisotopic (exact) mass is 255 g/mol. The van der Waals surface area contributed by atoms with Gasteiger partial charge in [0, 0.05) is 6.42 Å². The van der Waals surface area contributed by atoms with Crippen molar-refractivity contribution in [1.82, 2.24) is 10.6 Å². The minimum Gasteiger partial charge on any atom is -0.459 e. The first-order chi connectivity index (χ1) is 8.30. The van der Waals surface area contributed by atoms with E-state index in [0.29, 0.717) is 6.42 Å². The van der Waals surface area contributed by atoms with Crippen molar-refractivity contribution in [2.45, 2.75) is 45.3 Å². The molecule has 0 aliphatic carbocycles. The van der Waals surface area contributed by atoms with Gasteiger partial charge >= 0.3 is 5.97 Å². The summed E-state index contributed by atoms with van der Waals surface area (Å²) in [5, 5.41) is 13.7. The van der Waals surface area contributed by atoms with Crippen molar-refractivity contribution in [1.29, 1.82) is 5.26 Å². The van der Waals surface area contributed by atoms with Gasteiger partial charge in [0.15, 0.2) is 0 Å². The zero-order chi connectivity index (χ0) is 14.2. The molecule has 0 aliphatic heterocycles. The van der Waals surface area contributed by atoms with Gasteiger partial charge in [-0.1, -0.05) is 0 Å². The zero-order valence-corrected chi connectivity index (χ0v) is 11.4. The van der Waals surface area contributed by atoms with Gasteiger partial charge in [0.25, 0.3) is 0 Å². The number of nitrogens with one attached hydrogen (secondary N) is 2. The largest absolute Gasteiger partial charge is 0.459 e. The third-order valence-electron chi connectivity index (χ3n) is 2.04. The summed E-state index contributed by atoms with van der Waals surface area (Å²) < 4.78 is 5.06. The molecule has 0 heterocycles. The van der Waals surface area contributed by atoms with E-state index in [9.17, 15) is 9.59 Å². The molecule has 0 saturated carbocycles. The molecule has 0 unspecified atom stereocenters. The molecular weight excluding hydrogens is 234 g/mol. The number of carbonyl (C=O) groups excluding carboxylic acids is 2. The first-order valence-corrected chi connectivity index (χ1v) is 5.84. The van der Waals surface area contributed by atoms with E-state index in [4.69, 9.17) is 10.00 Å². The van der Waals surface area contributed by atoms with Crippen LogP contribution in [-0.2, 0) is 14.3 Å². The highest BCUT2D eigenvalue weighted by Gasteiger charge is 2.19. The number of rotatable bonds is 6. The molecule has 18 heavy (non-hydrogen) atoms. The van der Waals surface area contributed by atoms with Crippen LogP contribution in [0.15, 0.2) is 0 Å². The van der Waals surface area contributed by atoms with Gasteiger partial charge in [-0.25, -0.2) is 0 Å². The number of nitriles is 1. The molecule has 1 amide bonds. The topological polar surface area (TPSA) is 91.2 Å². The minimum atomic E-state index is -0.564. The van der Waals surface area contributed by atoms with Crippen LogP contribution in [0.1, 0.15) is 33.6 Å². The molecule has 0 aromatic heterocycles. The van der Waals surface area contributed by atoms with Crippen LogP contribution in [0.2, 0.25) is 0 Å². The number of hydrogen-bond donors (Lipinski definition) is 2. The Kier molecular flexibility index (Phi) is 6.98. The number of carbonyl (C=O) groups is 2. The van der Waals surface area contributed by atoms with Crippen molar-refractivity contribution < 1.29 is 14.3 Å². The SMILES string of the molecule is CN[C@@H](CCC#N)C(=O)NCC(=O)OC(C)(C)C. The first-order valence-electron chi connectivity index (χ1n) is 5.84. The van der Waals surface area contributed by atoms with E-state index in [-0.39, 0.29) is 18.9 Å². The van der Waals surface area contributed by atoms with E-state index >= 15 is 0 Å². The first kappa shape index (κ1) is 16.4. The highest BCUT2D eigenvalue weighted by Crippen LogP contribution is 2.06. The summed E-state index contributed by atoms with van der Waals surface area (Å²) in [5.74, 6) is -0.787. The lowest BCUT2D eigenvalue weighted by Gasteiger charge is -2.20. The van der Waals surface area contributed by atoms with Gasteiger partial charge in [0.2, 0.25) is 5.91 Å². The highest BCUT2D eigenvalue weighted by molar-refractivity contribution is 5.85. The molecule has 6 nitrogen and oxygen atoms in total. The summed E-state index contributed by atoms with van der Waals surface area (Å²) in [6.45, 7) is 5.11. The number of ether oxygens (including phenoxy) is 1. The Labute approximate surface area is 108 Å². The third-order valence-corrected chi connectivity index (χ3v) is 2.04. The van der Waals surface area contributed by atoms with E-state index in [0.717, 1.165) is 0 Å². The Morgan fingerprint density at radius 1 is 1.39 bits per heavy atom. The number of amides is 1. The van der Waals surface area contributed by atoms with Gasteiger partial charge in [-0.05, 0) is 34.2 Å². The number of esters is 1. The molecule has 0 fully saturated rings. The number of likely N-dealkylation sites (N-methyl/N-ethyl adjacent to an activating group) is 1. The molecule has 0 aliphatic rings. The molecular formula is C12H21N3O3. The van der Waals surface area contributed by atoms with Gasteiger partial charge in [-0.3, -0.25) is 9.59 Å². The van der Waals surface area contributed by atoms with E-state index in [1.54, 1.807) is 27.8 Å². The second-order valence-electron chi connectivity index (χ2n) is 4.84. The predicted octanol–water partition coefficient (Wildman–Crippen LogP) is 0.336. The lowest BCUT2D eigenvalue weighted by atomic mass is 10.1. The minimum absolute atomic E-state index is 0.166. The van der Waals surface area contributed by atoms with Crippen molar-refractivity contribution in [2.24, 2.45) is 0 Å². The maximum Gasteiger partial charge on any atom is 0.325 e. The molecule has 1 atom stereocenters. The summed E-state index contributed by atoms with van der Waals surface area (Å²) in [6, 6.07) is 1.51. The fourth-order valence-electron chi connectivity index (χ4n) is 1.28. The average molecular weight is 255 g/mol. The van der Waals surface area contributed by atoms with Gasteiger partial charge in [0.1, 0.15) is 12.1 Å². The van der Waals surface area contributed by atoms with Crippen molar-refractivity contribution in [3.63, 3.8) is 0 Å². The summed E-state index contributed by atoms with van der Waals surface area (Å²) >= 11 is 0. The third kappa shape index (κ3) is 7.63. The molecule has 0 saturated heterocycles. The average Bonchev–Trinajstić information content (AvgIpc) is 2.25. The number of nitrogens with zero attached hydrogens (tertiary/aromatic N) is 1. The number of hydrogen-bond acceptors (Lipinski definition) is 5. The van der Waals surface area contributed by atoms with Gasteiger partial charge in [0.05, 0.1) is 12.1 Å². The Morgan fingerprint density at radius 3 is 2.44 bits per heavy atom. The standard InChI is InChI=1S/C12H21N3O3/c1-12(2,3)18-10(16)8-15-11(17)9(14-4)6-5-7-13/h9,14H,5-6,8H2,1-4H3,(H,15,17)/t9-/m0/s1. The summed E-state index contributed by atoms with van der Waals surface area (Å²) in [5.41, 5.74) is -0.564. The zero-order valence-electron chi connectivity index (χ0n) is 11.4. The van der Waals surface area contributed by atoms with E-state index in [1.807, 2.05) is 6.07 Å². The van der Waals surface area contributed by atoms with Crippen LogP contribution in [-0.4, -0.2) is 37.1 Å². The Morgan fingerprint density at radius 2 is 2.00 bits per heavy atom. The molecule has 102 valence electrons. The second-order valence-corrected chi connectivity index (χ2v) is 4.84. The van der Waals surface area contributed by atoms with E-state index < -0.39 is 17.6 Å². The van der Waals surface area contributed by atoms with E-state index in [2.05, 4.69) is 10.6 Å². The van der Waals surface area contributed by atoms with Crippen molar-refractivity contribution in [2.75, 3.05) is 13.6 Å². The lowest BCUT2D eigenvalue weighted by molar-refractivity contribution is -0.154. The molecule has 0 radical (unpaired) electrons. The van der Waals surface area contributed by atoms with Crippen LogP contribution in [0.4, 0.5) is 0 Å². The maximum atomic E-state index is 11.7. The van der Waals surface area contributed by atoms with Crippen LogP contribution in [0.3, 0.4) is 0 Å². The molecule has 2 N–H and O–H groups in total. The predicted molar refractivity (Wildman–Crippen MR) is 66.5 cm³/mol. The van der Waals surface area contributed by atoms with E-state index in [1.165, 1.54) is 0 Å². The molecule has 0 aromatic carbocycles. The molecule has 0 aromatic rings. The van der Waals surface area contributed by atoms with Crippen LogP contribution in [0.25, 0.3) is 0 Å². The quantitative estimate of drug-likeness (QED) is 0.668. The molecule has 0 spiro atoms. The Balaban J connectivity index is 4.08. The lowest BCUT2D eigenvalue weighted by Crippen LogP contribution is -2.45. The normalized spacial score (nSPS) is 12.4. The summed E-state index contributed by atoms with van der Waals surface area (Å²) in [7, 11) is 1.63. The van der Waals surface area contributed by atoms with Crippen molar-refractivity contribution >= 4 is 11.9 Å². The van der Waals surface area contributed by atoms with Crippen molar-refractivity contribution in [3.8, 4) is 6.07 Å². The van der Waals surface area contributed by atoms with Crippen LogP contribution < -0.4 is 10.6 Å². The molecule has 0 rings (SSSR count). The van der Waals surface area contributed by atoms with Crippen LogP contribution in [0.5, 0.6) is 0 Å². The van der Waals surface area contributed by atoms with Gasteiger partial charge in [-0.2, -0.15) is 5.26 Å². The molecule has 6 heteroatoms. The highest BCUT2D eigenvalue weighted by atomic mass is 16.6.